The Hall–Kier alpha value is -0.970. The van der Waals surface area contributed by atoms with Gasteiger partial charge in [-0.2, -0.15) is 0 Å². The summed E-state index contributed by atoms with van der Waals surface area (Å²) in [5, 5.41) is 0. The van der Waals surface area contributed by atoms with Crippen molar-refractivity contribution in [3.63, 3.8) is 0 Å². The predicted octanol–water partition coefficient (Wildman–Crippen LogP) is 3.04. The molecule has 0 aliphatic rings. The van der Waals surface area contributed by atoms with Crippen LogP contribution in [0, 0.1) is 0 Å². The van der Waals surface area contributed by atoms with Gasteiger partial charge in [0.2, 0.25) is 0 Å². The molecule has 0 N–H and O–H groups in total. The van der Waals surface area contributed by atoms with E-state index in [-0.39, 0.29) is 18.3 Å². The van der Waals surface area contributed by atoms with Crippen LogP contribution in [-0.4, -0.2) is 30.0 Å². The molecule has 1 rings (SSSR count). The highest BCUT2D eigenvalue weighted by Crippen LogP contribution is 2.21. The standard InChI is InChI=1S/C11H16ClF2N3/c1-7(2)11-15-5-9(8(4-12)16-11)17(3)6-10(13)14/h5,7,10H,4,6H2,1-3H3. The lowest BCUT2D eigenvalue weighted by Crippen LogP contribution is -2.25. The monoisotopic (exact) mass is 263 g/mol. The third kappa shape index (κ3) is 3.77. The van der Waals surface area contributed by atoms with E-state index in [1.54, 1.807) is 13.2 Å². The first kappa shape index (κ1) is 14.1. The second-order valence-corrected chi connectivity index (χ2v) is 4.39. The lowest BCUT2D eigenvalue weighted by molar-refractivity contribution is 0.156. The van der Waals surface area contributed by atoms with Crippen LogP contribution >= 0.6 is 11.6 Å². The lowest BCUT2D eigenvalue weighted by atomic mass is 10.2. The third-order valence-corrected chi connectivity index (χ3v) is 2.58. The van der Waals surface area contributed by atoms with Gasteiger partial charge in [-0.3, -0.25) is 0 Å². The minimum absolute atomic E-state index is 0.186. The van der Waals surface area contributed by atoms with E-state index < -0.39 is 6.43 Å². The van der Waals surface area contributed by atoms with Crippen LogP contribution in [0.3, 0.4) is 0 Å². The highest BCUT2D eigenvalue weighted by molar-refractivity contribution is 6.17. The van der Waals surface area contributed by atoms with Crippen LogP contribution in [0.15, 0.2) is 6.20 Å². The topological polar surface area (TPSA) is 29.0 Å². The summed E-state index contributed by atoms with van der Waals surface area (Å²) in [5.41, 5.74) is 1.15. The maximum atomic E-state index is 12.3. The Bertz CT molecular complexity index is 372. The molecular weight excluding hydrogens is 248 g/mol. The van der Waals surface area contributed by atoms with Crippen LogP contribution in [0.2, 0.25) is 0 Å². The molecule has 0 aromatic carbocycles. The van der Waals surface area contributed by atoms with E-state index in [4.69, 9.17) is 11.6 Å². The first-order valence-electron chi connectivity index (χ1n) is 5.36. The van der Waals surface area contributed by atoms with Gasteiger partial charge in [-0.25, -0.2) is 18.7 Å². The molecule has 1 heterocycles. The number of halogens is 3. The molecular formula is C11H16ClF2N3. The van der Waals surface area contributed by atoms with Gasteiger partial charge in [0, 0.05) is 13.0 Å². The largest absolute Gasteiger partial charge is 0.366 e. The molecule has 0 fully saturated rings. The van der Waals surface area contributed by atoms with Gasteiger partial charge in [-0.05, 0) is 0 Å². The summed E-state index contributed by atoms with van der Waals surface area (Å²) in [5.74, 6) is 1.05. The highest BCUT2D eigenvalue weighted by atomic mass is 35.5. The summed E-state index contributed by atoms with van der Waals surface area (Å²) in [6.45, 7) is 3.58. The zero-order chi connectivity index (χ0) is 13.0. The van der Waals surface area contributed by atoms with Gasteiger partial charge in [0.05, 0.1) is 30.0 Å². The maximum absolute atomic E-state index is 12.3. The smallest absolute Gasteiger partial charge is 0.255 e. The van der Waals surface area contributed by atoms with Gasteiger partial charge < -0.3 is 4.90 Å². The van der Waals surface area contributed by atoms with Crippen molar-refractivity contribution in [1.29, 1.82) is 0 Å². The summed E-state index contributed by atoms with van der Waals surface area (Å²) in [7, 11) is 1.58. The summed E-state index contributed by atoms with van der Waals surface area (Å²) >= 11 is 5.78. The van der Waals surface area contributed by atoms with E-state index in [2.05, 4.69) is 9.97 Å². The first-order chi connectivity index (χ1) is 7.95. The van der Waals surface area contributed by atoms with E-state index in [0.717, 1.165) is 0 Å². The molecule has 1 aromatic heterocycles. The zero-order valence-electron chi connectivity index (χ0n) is 10.1. The van der Waals surface area contributed by atoms with Crippen molar-refractivity contribution in [3.05, 3.63) is 17.7 Å². The predicted molar refractivity (Wildman–Crippen MR) is 65.0 cm³/mol. The van der Waals surface area contributed by atoms with Crippen LogP contribution in [0.4, 0.5) is 14.5 Å². The Morgan fingerprint density at radius 1 is 1.41 bits per heavy atom. The molecule has 0 bridgehead atoms. The summed E-state index contributed by atoms with van der Waals surface area (Å²) in [4.78, 5) is 9.87. The molecule has 0 saturated carbocycles. The quantitative estimate of drug-likeness (QED) is 0.765. The molecule has 96 valence electrons. The van der Waals surface area contributed by atoms with Crippen molar-refractivity contribution in [2.24, 2.45) is 0 Å². The fourth-order valence-corrected chi connectivity index (χ4v) is 1.62. The number of rotatable bonds is 5. The molecule has 0 amide bonds. The fraction of sp³-hybridized carbons (Fsp3) is 0.636. The molecule has 0 atom stereocenters. The van der Waals surface area contributed by atoms with E-state index in [0.29, 0.717) is 17.2 Å². The third-order valence-electron chi connectivity index (χ3n) is 2.33. The number of hydrogen-bond acceptors (Lipinski definition) is 3. The van der Waals surface area contributed by atoms with E-state index in [1.807, 2.05) is 13.8 Å². The van der Waals surface area contributed by atoms with Crippen molar-refractivity contribution in [2.75, 3.05) is 18.5 Å². The molecule has 0 aliphatic heterocycles. The Balaban J connectivity index is 2.99. The van der Waals surface area contributed by atoms with Crippen molar-refractivity contribution < 1.29 is 8.78 Å². The number of nitrogens with zero attached hydrogens (tertiary/aromatic N) is 3. The van der Waals surface area contributed by atoms with Crippen LogP contribution in [-0.2, 0) is 5.88 Å². The molecule has 0 radical (unpaired) electrons. The molecule has 0 saturated heterocycles. The highest BCUT2D eigenvalue weighted by Gasteiger charge is 2.15. The lowest BCUT2D eigenvalue weighted by Gasteiger charge is -2.21. The molecule has 0 aliphatic carbocycles. The molecule has 6 heteroatoms. The number of anilines is 1. The number of aromatic nitrogens is 2. The number of hydrogen-bond donors (Lipinski definition) is 0. The van der Waals surface area contributed by atoms with Gasteiger partial charge >= 0.3 is 0 Å². The zero-order valence-corrected chi connectivity index (χ0v) is 10.9. The van der Waals surface area contributed by atoms with Crippen molar-refractivity contribution in [1.82, 2.24) is 9.97 Å². The van der Waals surface area contributed by atoms with Crippen LogP contribution in [0.25, 0.3) is 0 Å². The minimum atomic E-state index is -2.40. The molecule has 17 heavy (non-hydrogen) atoms. The Morgan fingerprint density at radius 2 is 2.06 bits per heavy atom. The molecule has 0 spiro atoms. The average molecular weight is 264 g/mol. The Morgan fingerprint density at radius 3 is 2.53 bits per heavy atom. The van der Waals surface area contributed by atoms with Crippen LogP contribution in [0.5, 0.6) is 0 Å². The summed E-state index contributed by atoms with van der Waals surface area (Å²) in [6.07, 6.45) is -0.837. The van der Waals surface area contributed by atoms with Crippen LogP contribution in [0.1, 0.15) is 31.3 Å². The van der Waals surface area contributed by atoms with Gasteiger partial charge in [0.15, 0.2) is 0 Å². The van der Waals surface area contributed by atoms with Crippen molar-refractivity contribution in [3.8, 4) is 0 Å². The second kappa shape index (κ2) is 6.10. The van der Waals surface area contributed by atoms with E-state index in [9.17, 15) is 8.78 Å². The fourth-order valence-electron chi connectivity index (χ4n) is 1.43. The van der Waals surface area contributed by atoms with Crippen molar-refractivity contribution >= 4 is 17.3 Å². The minimum Gasteiger partial charge on any atom is -0.366 e. The van der Waals surface area contributed by atoms with Gasteiger partial charge in [0.1, 0.15) is 5.82 Å². The van der Waals surface area contributed by atoms with E-state index in [1.165, 1.54) is 4.90 Å². The maximum Gasteiger partial charge on any atom is 0.255 e. The van der Waals surface area contributed by atoms with Gasteiger partial charge in [0.25, 0.3) is 6.43 Å². The Kier molecular flexibility index (Phi) is 5.05. The van der Waals surface area contributed by atoms with Crippen LogP contribution < -0.4 is 4.90 Å². The van der Waals surface area contributed by atoms with Gasteiger partial charge in [-0.15, -0.1) is 11.6 Å². The molecule has 1 aromatic rings. The Labute approximate surface area is 105 Å². The second-order valence-electron chi connectivity index (χ2n) is 4.12. The summed E-state index contributed by atoms with van der Waals surface area (Å²) < 4.78 is 24.6. The SMILES string of the molecule is CC(C)c1ncc(N(C)CC(F)F)c(CCl)n1. The molecule has 3 nitrogen and oxygen atoms in total. The number of alkyl halides is 3. The summed E-state index contributed by atoms with van der Waals surface area (Å²) in [6, 6.07) is 0. The molecule has 0 unspecified atom stereocenters. The van der Waals surface area contributed by atoms with Gasteiger partial charge in [-0.1, -0.05) is 13.8 Å². The normalized spacial score (nSPS) is 11.3. The van der Waals surface area contributed by atoms with E-state index >= 15 is 0 Å². The first-order valence-corrected chi connectivity index (χ1v) is 5.90. The van der Waals surface area contributed by atoms with Crippen molar-refractivity contribution in [2.45, 2.75) is 32.1 Å². The average Bonchev–Trinajstić information content (AvgIpc) is 2.27.